The lowest BCUT2D eigenvalue weighted by Gasteiger charge is -1.81. The van der Waals surface area contributed by atoms with Crippen molar-refractivity contribution in [2.45, 2.75) is 0 Å². The van der Waals surface area contributed by atoms with Gasteiger partial charge in [-0.3, -0.25) is 0 Å². The van der Waals surface area contributed by atoms with Crippen LogP contribution in [0.2, 0.25) is 0 Å². The molecule has 3 rings (SSSR count). The molecule has 0 saturated carbocycles. The van der Waals surface area contributed by atoms with Crippen molar-refractivity contribution >= 4 is 16.6 Å². The first kappa shape index (κ1) is 6.60. The average Bonchev–Trinajstić information content (AvgIpc) is 2.61. The van der Waals surface area contributed by atoms with Gasteiger partial charge in [-0.05, 0) is 12.1 Å². The molecule has 3 heteroatoms. The van der Waals surface area contributed by atoms with E-state index >= 15 is 0 Å². The van der Waals surface area contributed by atoms with Gasteiger partial charge in [0.25, 0.3) is 0 Å². The topological polar surface area (TPSA) is 30.2 Å². The van der Waals surface area contributed by atoms with Crippen LogP contribution >= 0.6 is 0 Å². The van der Waals surface area contributed by atoms with Gasteiger partial charge in [-0.1, -0.05) is 24.3 Å². The van der Waals surface area contributed by atoms with Gasteiger partial charge in [0.05, 0.1) is 5.52 Å². The van der Waals surface area contributed by atoms with Crippen LogP contribution in [0.3, 0.4) is 0 Å². The van der Waals surface area contributed by atoms with Gasteiger partial charge >= 0.3 is 0 Å². The van der Waals surface area contributed by atoms with Gasteiger partial charge in [0.2, 0.25) is 0 Å². The Kier molecular flexibility index (Phi) is 1.16. The monoisotopic (exact) mass is 169 g/mol. The number of hydrogen-bond acceptors (Lipinski definition) is 2. The van der Waals surface area contributed by atoms with Crippen molar-refractivity contribution in [2.24, 2.45) is 0 Å². The van der Waals surface area contributed by atoms with Crippen molar-refractivity contribution in [3.63, 3.8) is 0 Å². The van der Waals surface area contributed by atoms with E-state index in [0.717, 1.165) is 11.2 Å². The molecule has 13 heavy (non-hydrogen) atoms. The van der Waals surface area contributed by atoms with Crippen LogP contribution in [0.5, 0.6) is 0 Å². The van der Waals surface area contributed by atoms with E-state index in [1.165, 1.54) is 5.39 Å². The van der Waals surface area contributed by atoms with Crippen LogP contribution < -0.4 is 0 Å². The first-order chi connectivity index (χ1) is 6.45. The maximum atomic E-state index is 4.14. The minimum Gasteiger partial charge on any atom is -0.215 e. The van der Waals surface area contributed by atoms with Gasteiger partial charge in [0.1, 0.15) is 6.33 Å². The van der Waals surface area contributed by atoms with Gasteiger partial charge in [-0.15, -0.1) is 0 Å². The van der Waals surface area contributed by atoms with E-state index in [1.807, 2.05) is 34.8 Å². The van der Waals surface area contributed by atoms with E-state index in [2.05, 4.69) is 16.1 Å². The van der Waals surface area contributed by atoms with Crippen molar-refractivity contribution in [3.05, 3.63) is 42.7 Å². The van der Waals surface area contributed by atoms with E-state index in [9.17, 15) is 0 Å². The van der Waals surface area contributed by atoms with Crippen molar-refractivity contribution in [3.8, 4) is 0 Å². The molecule has 0 bridgehead atoms. The van der Waals surface area contributed by atoms with Crippen LogP contribution in [-0.2, 0) is 0 Å². The predicted molar refractivity (Wildman–Crippen MR) is 50.5 cm³/mol. The minimum atomic E-state index is 0.904. The zero-order valence-electron chi connectivity index (χ0n) is 6.88. The van der Waals surface area contributed by atoms with Crippen LogP contribution in [0.1, 0.15) is 0 Å². The molecular weight excluding hydrogens is 162 g/mol. The lowest BCUT2D eigenvalue weighted by molar-refractivity contribution is 1.01. The normalized spacial score (nSPS) is 11.1. The number of rotatable bonds is 0. The van der Waals surface area contributed by atoms with E-state index in [1.54, 1.807) is 6.33 Å². The van der Waals surface area contributed by atoms with E-state index < -0.39 is 0 Å². The molecular formula is C10H7N3. The highest BCUT2D eigenvalue weighted by molar-refractivity contribution is 5.84. The third-order valence-corrected chi connectivity index (χ3v) is 2.13. The second-order valence-corrected chi connectivity index (χ2v) is 2.93. The quantitative estimate of drug-likeness (QED) is 0.514. The summed E-state index contributed by atoms with van der Waals surface area (Å²) in [6.07, 6.45) is 1.57. The Labute approximate surface area is 74.6 Å². The highest BCUT2D eigenvalue weighted by Crippen LogP contribution is 2.15. The Hall–Kier alpha value is -1.90. The smallest absolute Gasteiger partial charge is 0.156 e. The van der Waals surface area contributed by atoms with Crippen LogP contribution in [-0.4, -0.2) is 14.6 Å². The highest BCUT2D eigenvalue weighted by Gasteiger charge is 2.01. The molecule has 62 valence electrons. The molecule has 0 spiro atoms. The van der Waals surface area contributed by atoms with Crippen LogP contribution in [0.25, 0.3) is 16.6 Å². The molecule has 0 aliphatic carbocycles. The largest absolute Gasteiger partial charge is 0.215 e. The second-order valence-electron chi connectivity index (χ2n) is 2.93. The molecule has 0 N–H and O–H groups in total. The summed E-state index contributed by atoms with van der Waals surface area (Å²) in [4.78, 5) is 4.13. The summed E-state index contributed by atoms with van der Waals surface area (Å²) in [5.74, 6) is 0. The van der Waals surface area contributed by atoms with Crippen molar-refractivity contribution in [2.75, 3.05) is 0 Å². The fraction of sp³-hybridized carbons (Fsp3) is 0. The maximum absolute atomic E-state index is 4.14. The first-order valence-corrected chi connectivity index (χ1v) is 4.13. The molecule has 0 saturated heterocycles. The molecule has 2 heterocycles. The van der Waals surface area contributed by atoms with E-state index in [0.29, 0.717) is 0 Å². The zero-order valence-corrected chi connectivity index (χ0v) is 6.88. The van der Waals surface area contributed by atoms with Crippen molar-refractivity contribution in [1.82, 2.24) is 14.6 Å². The predicted octanol–water partition coefficient (Wildman–Crippen LogP) is 1.88. The van der Waals surface area contributed by atoms with Gasteiger partial charge in [0.15, 0.2) is 5.65 Å². The second kappa shape index (κ2) is 2.29. The molecule has 0 atom stereocenters. The summed E-state index contributed by atoms with van der Waals surface area (Å²) >= 11 is 0. The summed E-state index contributed by atoms with van der Waals surface area (Å²) in [6, 6.07) is 12.2. The fourth-order valence-electron chi connectivity index (χ4n) is 1.54. The van der Waals surface area contributed by atoms with Gasteiger partial charge in [0, 0.05) is 5.39 Å². The van der Waals surface area contributed by atoms with Gasteiger partial charge in [-0.2, -0.15) is 5.10 Å². The Morgan fingerprint density at radius 1 is 1.08 bits per heavy atom. The zero-order chi connectivity index (χ0) is 8.67. The molecule has 0 fully saturated rings. The molecule has 1 aromatic carbocycles. The Balaban J connectivity index is 2.65. The Morgan fingerprint density at radius 2 is 2.00 bits per heavy atom. The number of nitrogens with zero attached hydrogens (tertiary/aromatic N) is 3. The standard InChI is InChI=1S/C10H7N3/c1-2-4-8-6-10-11-7-12-13(10)9(8)5-3-1/h1-7H. The minimum absolute atomic E-state index is 0.904. The number of fused-ring (bicyclic) bond motifs is 3. The summed E-state index contributed by atoms with van der Waals surface area (Å²) in [5.41, 5.74) is 2.00. The van der Waals surface area contributed by atoms with E-state index in [4.69, 9.17) is 0 Å². The van der Waals surface area contributed by atoms with Gasteiger partial charge < -0.3 is 0 Å². The average molecular weight is 169 g/mol. The van der Waals surface area contributed by atoms with Crippen molar-refractivity contribution < 1.29 is 0 Å². The lowest BCUT2D eigenvalue weighted by Crippen LogP contribution is -1.79. The molecule has 3 nitrogen and oxygen atoms in total. The lowest BCUT2D eigenvalue weighted by atomic mass is 10.3. The van der Waals surface area contributed by atoms with Crippen LogP contribution in [0, 0.1) is 0 Å². The van der Waals surface area contributed by atoms with E-state index in [-0.39, 0.29) is 0 Å². The highest BCUT2D eigenvalue weighted by atomic mass is 15.3. The summed E-state index contributed by atoms with van der Waals surface area (Å²) < 4.78 is 1.84. The van der Waals surface area contributed by atoms with Gasteiger partial charge in [-0.25, -0.2) is 9.50 Å². The number of aromatic nitrogens is 3. The molecule has 2 aromatic heterocycles. The summed E-state index contributed by atoms with van der Waals surface area (Å²) in [7, 11) is 0. The summed E-state index contributed by atoms with van der Waals surface area (Å²) in [6.45, 7) is 0. The maximum Gasteiger partial charge on any atom is 0.156 e. The third-order valence-electron chi connectivity index (χ3n) is 2.13. The third kappa shape index (κ3) is 0.839. The molecule has 0 aliphatic heterocycles. The first-order valence-electron chi connectivity index (χ1n) is 4.13. The summed E-state index contributed by atoms with van der Waals surface area (Å²) in [5, 5.41) is 5.31. The van der Waals surface area contributed by atoms with Crippen LogP contribution in [0.15, 0.2) is 42.7 Å². The molecule has 3 aromatic rings. The molecule has 0 amide bonds. The molecule has 0 radical (unpaired) electrons. The molecule has 0 aliphatic rings. The van der Waals surface area contributed by atoms with Crippen LogP contribution in [0.4, 0.5) is 0 Å². The molecule has 0 unspecified atom stereocenters. The fourth-order valence-corrected chi connectivity index (χ4v) is 1.54. The Bertz CT molecular complexity index is 568. The SMILES string of the molecule is c1ccc2cc3ncnn3c2cc1. The van der Waals surface area contributed by atoms with Crippen molar-refractivity contribution in [1.29, 1.82) is 0 Å². The number of hydrogen-bond donors (Lipinski definition) is 0. The Morgan fingerprint density at radius 3 is 3.00 bits per heavy atom.